The van der Waals surface area contributed by atoms with Crippen LogP contribution in [0.15, 0.2) is 0 Å². The summed E-state index contributed by atoms with van der Waals surface area (Å²) in [6.07, 6.45) is 8.71. The minimum Gasteiger partial charge on any atom is -0.311 e. The molecule has 3 fully saturated rings. The zero-order valence-corrected chi connectivity index (χ0v) is 12.2. The summed E-state index contributed by atoms with van der Waals surface area (Å²) in [6, 6.07) is 1.54. The average Bonchev–Trinajstić information content (AvgIpc) is 3.29. The second-order valence-electron chi connectivity index (χ2n) is 6.87. The van der Waals surface area contributed by atoms with Gasteiger partial charge in [0.15, 0.2) is 0 Å². The van der Waals surface area contributed by atoms with E-state index in [1.807, 2.05) is 0 Å². The van der Waals surface area contributed by atoms with Gasteiger partial charge >= 0.3 is 0 Å². The van der Waals surface area contributed by atoms with E-state index in [-0.39, 0.29) is 0 Å². The molecule has 2 aliphatic carbocycles. The van der Waals surface area contributed by atoms with Crippen molar-refractivity contribution >= 4 is 0 Å². The molecule has 2 atom stereocenters. The molecule has 1 heterocycles. The normalized spacial score (nSPS) is 34.2. The van der Waals surface area contributed by atoms with Gasteiger partial charge in [0.1, 0.15) is 0 Å². The van der Waals surface area contributed by atoms with Crippen LogP contribution >= 0.6 is 0 Å². The van der Waals surface area contributed by atoms with E-state index in [1.54, 1.807) is 0 Å². The molecule has 1 N–H and O–H groups in total. The van der Waals surface area contributed by atoms with Crippen LogP contribution in [-0.4, -0.2) is 36.6 Å². The molecule has 2 heteroatoms. The van der Waals surface area contributed by atoms with Crippen molar-refractivity contribution in [3.8, 4) is 0 Å². The highest BCUT2D eigenvalue weighted by atomic mass is 15.2. The predicted octanol–water partition coefficient (Wildman–Crippen LogP) is 2.89. The standard InChI is InChI=1S/C16H30N2/c1-3-14-10-18(15(4-2)9-17-14)11-16(12-5-6-12)13-7-8-13/h12-17H,3-11H2,1-2H3. The maximum absolute atomic E-state index is 3.72. The number of hydrogen-bond acceptors (Lipinski definition) is 2. The van der Waals surface area contributed by atoms with E-state index in [4.69, 9.17) is 0 Å². The molecule has 104 valence electrons. The van der Waals surface area contributed by atoms with Gasteiger partial charge in [0.2, 0.25) is 0 Å². The summed E-state index contributed by atoms with van der Waals surface area (Å²) in [5, 5.41) is 3.72. The fourth-order valence-electron chi connectivity index (χ4n) is 3.83. The Labute approximate surface area is 113 Å². The van der Waals surface area contributed by atoms with E-state index >= 15 is 0 Å². The van der Waals surface area contributed by atoms with Gasteiger partial charge in [0, 0.05) is 31.7 Å². The second-order valence-corrected chi connectivity index (χ2v) is 6.87. The van der Waals surface area contributed by atoms with E-state index in [0.717, 1.165) is 29.8 Å². The van der Waals surface area contributed by atoms with Crippen LogP contribution in [0.5, 0.6) is 0 Å². The molecule has 3 rings (SSSR count). The van der Waals surface area contributed by atoms with Crippen molar-refractivity contribution in [2.75, 3.05) is 19.6 Å². The van der Waals surface area contributed by atoms with Gasteiger partial charge < -0.3 is 5.32 Å². The predicted molar refractivity (Wildman–Crippen MR) is 76.7 cm³/mol. The summed E-state index contributed by atoms with van der Waals surface area (Å²) in [4.78, 5) is 2.84. The van der Waals surface area contributed by atoms with E-state index in [9.17, 15) is 0 Å². The fraction of sp³-hybridized carbons (Fsp3) is 1.00. The van der Waals surface area contributed by atoms with Crippen molar-refractivity contribution in [2.24, 2.45) is 17.8 Å². The van der Waals surface area contributed by atoms with E-state index in [1.165, 1.54) is 58.2 Å². The molecule has 0 spiro atoms. The van der Waals surface area contributed by atoms with E-state index in [0.29, 0.717) is 0 Å². The third kappa shape index (κ3) is 2.91. The topological polar surface area (TPSA) is 15.3 Å². The van der Waals surface area contributed by atoms with Gasteiger partial charge in [-0.3, -0.25) is 4.90 Å². The molecule has 0 aromatic carbocycles. The van der Waals surface area contributed by atoms with Crippen LogP contribution in [0.1, 0.15) is 52.4 Å². The number of hydrogen-bond donors (Lipinski definition) is 1. The van der Waals surface area contributed by atoms with Gasteiger partial charge in [-0.1, -0.05) is 13.8 Å². The third-order valence-corrected chi connectivity index (χ3v) is 5.48. The van der Waals surface area contributed by atoms with Gasteiger partial charge in [0.05, 0.1) is 0 Å². The molecule has 0 amide bonds. The molecule has 0 aromatic rings. The number of nitrogens with one attached hydrogen (secondary N) is 1. The smallest absolute Gasteiger partial charge is 0.0218 e. The average molecular weight is 250 g/mol. The van der Waals surface area contributed by atoms with Crippen LogP contribution in [-0.2, 0) is 0 Å². The van der Waals surface area contributed by atoms with Gasteiger partial charge in [-0.05, 0) is 56.3 Å². The van der Waals surface area contributed by atoms with Crippen LogP contribution in [0.2, 0.25) is 0 Å². The number of rotatable bonds is 6. The SMILES string of the molecule is CCC1CN(CC(C2CC2)C2CC2)C(CC)CN1. The largest absolute Gasteiger partial charge is 0.311 e. The Morgan fingerprint density at radius 2 is 1.72 bits per heavy atom. The summed E-state index contributed by atoms with van der Waals surface area (Å²) in [7, 11) is 0. The van der Waals surface area contributed by atoms with E-state index < -0.39 is 0 Å². The Morgan fingerprint density at radius 1 is 1.06 bits per heavy atom. The molecule has 3 aliphatic rings. The Bertz CT molecular complexity index is 258. The van der Waals surface area contributed by atoms with Crippen LogP contribution in [0, 0.1) is 17.8 Å². The minimum absolute atomic E-state index is 0.742. The molecule has 2 nitrogen and oxygen atoms in total. The lowest BCUT2D eigenvalue weighted by Crippen LogP contribution is -2.57. The zero-order chi connectivity index (χ0) is 12.5. The van der Waals surface area contributed by atoms with Crippen molar-refractivity contribution in [1.82, 2.24) is 10.2 Å². The van der Waals surface area contributed by atoms with Gasteiger partial charge in [-0.2, -0.15) is 0 Å². The van der Waals surface area contributed by atoms with Crippen molar-refractivity contribution < 1.29 is 0 Å². The fourth-order valence-corrected chi connectivity index (χ4v) is 3.83. The highest BCUT2D eigenvalue weighted by molar-refractivity contribution is 4.95. The maximum atomic E-state index is 3.72. The van der Waals surface area contributed by atoms with E-state index in [2.05, 4.69) is 24.1 Å². The monoisotopic (exact) mass is 250 g/mol. The lowest BCUT2D eigenvalue weighted by molar-refractivity contribution is 0.0948. The van der Waals surface area contributed by atoms with Crippen molar-refractivity contribution in [3.05, 3.63) is 0 Å². The van der Waals surface area contributed by atoms with Gasteiger partial charge in [0.25, 0.3) is 0 Å². The summed E-state index contributed by atoms with van der Waals surface area (Å²) >= 11 is 0. The molecule has 1 aliphatic heterocycles. The van der Waals surface area contributed by atoms with Crippen LogP contribution in [0.25, 0.3) is 0 Å². The first-order valence-corrected chi connectivity index (χ1v) is 8.29. The summed E-state index contributed by atoms with van der Waals surface area (Å²) in [5.41, 5.74) is 0. The first-order chi connectivity index (χ1) is 8.81. The molecule has 2 unspecified atom stereocenters. The van der Waals surface area contributed by atoms with Crippen molar-refractivity contribution in [2.45, 2.75) is 64.5 Å². The van der Waals surface area contributed by atoms with Crippen molar-refractivity contribution in [3.63, 3.8) is 0 Å². The Balaban J connectivity index is 1.59. The molecular weight excluding hydrogens is 220 g/mol. The number of nitrogens with zero attached hydrogens (tertiary/aromatic N) is 1. The Hall–Kier alpha value is -0.0800. The van der Waals surface area contributed by atoms with Crippen molar-refractivity contribution in [1.29, 1.82) is 0 Å². The van der Waals surface area contributed by atoms with Crippen LogP contribution in [0.3, 0.4) is 0 Å². The molecule has 0 radical (unpaired) electrons. The highest BCUT2D eigenvalue weighted by Gasteiger charge is 2.43. The first-order valence-electron chi connectivity index (χ1n) is 8.29. The summed E-state index contributed by atoms with van der Waals surface area (Å²) < 4.78 is 0. The van der Waals surface area contributed by atoms with Gasteiger partial charge in [-0.15, -0.1) is 0 Å². The Morgan fingerprint density at radius 3 is 2.22 bits per heavy atom. The lowest BCUT2D eigenvalue weighted by Gasteiger charge is -2.41. The minimum atomic E-state index is 0.742. The summed E-state index contributed by atoms with van der Waals surface area (Å²) in [6.45, 7) is 8.60. The molecule has 18 heavy (non-hydrogen) atoms. The molecule has 0 bridgehead atoms. The lowest BCUT2D eigenvalue weighted by atomic mass is 9.94. The van der Waals surface area contributed by atoms with Crippen LogP contribution in [0.4, 0.5) is 0 Å². The molecular formula is C16H30N2. The van der Waals surface area contributed by atoms with Gasteiger partial charge in [-0.25, -0.2) is 0 Å². The number of piperazine rings is 1. The molecule has 1 saturated heterocycles. The quantitative estimate of drug-likeness (QED) is 0.780. The first kappa shape index (κ1) is 12.9. The summed E-state index contributed by atoms with van der Waals surface area (Å²) in [5.74, 6) is 3.25. The zero-order valence-electron chi connectivity index (χ0n) is 12.2. The third-order valence-electron chi connectivity index (χ3n) is 5.48. The molecule has 0 aromatic heterocycles. The van der Waals surface area contributed by atoms with Crippen LogP contribution < -0.4 is 5.32 Å². The molecule has 2 saturated carbocycles. The highest BCUT2D eigenvalue weighted by Crippen LogP contribution is 2.49. The second kappa shape index (κ2) is 5.50. The maximum Gasteiger partial charge on any atom is 0.0218 e. The Kier molecular flexibility index (Phi) is 3.95.